The zero-order chi connectivity index (χ0) is 16.9. The fraction of sp³-hybridized carbons (Fsp3) is 0.200. The molecular formula is C20H20N2O2. The van der Waals surface area contributed by atoms with E-state index in [1.807, 2.05) is 37.3 Å². The Hall–Kier alpha value is -2.88. The standard InChI is InChI=1S/C20H20N2O2/c1-3-9-21-17(4-2)13-24-18-12-16(20(23)14-7-8-14)11-15-6-5-10-22-19(15)18/h3-6,9-12,23H,2,7-8,13H2,1H3/b9-3-,21-17?. The molecule has 1 aliphatic carbocycles. The van der Waals surface area contributed by atoms with Crippen molar-refractivity contribution in [3.8, 4) is 5.75 Å². The molecule has 0 unspecified atom stereocenters. The summed E-state index contributed by atoms with van der Waals surface area (Å²) < 4.78 is 5.93. The molecule has 0 spiro atoms. The molecular weight excluding hydrogens is 300 g/mol. The van der Waals surface area contributed by atoms with Crippen LogP contribution in [0.2, 0.25) is 0 Å². The molecule has 2 aromatic rings. The van der Waals surface area contributed by atoms with Gasteiger partial charge < -0.3 is 9.84 Å². The molecule has 1 aromatic heterocycles. The highest BCUT2D eigenvalue weighted by Gasteiger charge is 2.20. The van der Waals surface area contributed by atoms with Crippen molar-refractivity contribution in [3.05, 3.63) is 66.5 Å². The number of hydrogen-bond donors (Lipinski definition) is 1. The van der Waals surface area contributed by atoms with E-state index in [0.29, 0.717) is 18.1 Å². The van der Waals surface area contributed by atoms with Gasteiger partial charge in [0.2, 0.25) is 0 Å². The lowest BCUT2D eigenvalue weighted by Gasteiger charge is -2.11. The molecule has 0 aliphatic heterocycles. The zero-order valence-corrected chi connectivity index (χ0v) is 13.7. The summed E-state index contributed by atoms with van der Waals surface area (Å²) in [7, 11) is 0. The molecule has 24 heavy (non-hydrogen) atoms. The van der Waals surface area contributed by atoms with Crippen LogP contribution < -0.4 is 4.74 Å². The number of fused-ring (bicyclic) bond motifs is 1. The minimum atomic E-state index is 0.292. The number of benzene rings is 1. The first kappa shape index (κ1) is 16.0. The van der Waals surface area contributed by atoms with Crippen molar-refractivity contribution in [2.24, 2.45) is 4.99 Å². The molecule has 1 aliphatic rings. The van der Waals surface area contributed by atoms with Crippen LogP contribution in [0.25, 0.3) is 16.7 Å². The van der Waals surface area contributed by atoms with Gasteiger partial charge in [-0.25, -0.2) is 0 Å². The first-order valence-corrected chi connectivity index (χ1v) is 7.96. The first-order valence-electron chi connectivity index (χ1n) is 7.96. The summed E-state index contributed by atoms with van der Waals surface area (Å²) in [5, 5.41) is 11.3. The summed E-state index contributed by atoms with van der Waals surface area (Å²) in [6, 6.07) is 7.62. The van der Waals surface area contributed by atoms with Gasteiger partial charge in [0.1, 0.15) is 23.6 Å². The lowest BCUT2D eigenvalue weighted by molar-refractivity contribution is 0.380. The molecule has 122 valence electrons. The number of aliphatic hydroxyl groups is 1. The van der Waals surface area contributed by atoms with Crippen molar-refractivity contribution in [2.45, 2.75) is 19.8 Å². The van der Waals surface area contributed by atoms with Gasteiger partial charge in [-0.2, -0.15) is 0 Å². The molecule has 0 radical (unpaired) electrons. The van der Waals surface area contributed by atoms with E-state index in [1.54, 1.807) is 18.5 Å². The van der Waals surface area contributed by atoms with Crippen LogP contribution in [0.1, 0.15) is 25.3 Å². The average molecular weight is 320 g/mol. The number of aromatic nitrogens is 1. The monoisotopic (exact) mass is 320 g/mol. The van der Waals surface area contributed by atoms with Crippen LogP contribution >= 0.6 is 0 Å². The fourth-order valence-electron chi connectivity index (χ4n) is 2.38. The van der Waals surface area contributed by atoms with Gasteiger partial charge in [0.15, 0.2) is 0 Å². The third-order valence-corrected chi connectivity index (χ3v) is 3.78. The van der Waals surface area contributed by atoms with Crippen molar-refractivity contribution >= 4 is 22.4 Å². The van der Waals surface area contributed by atoms with Gasteiger partial charge in [0.25, 0.3) is 0 Å². The lowest BCUT2D eigenvalue weighted by atomic mass is 10.1. The Labute approximate surface area is 141 Å². The second kappa shape index (κ2) is 7.13. The van der Waals surface area contributed by atoms with E-state index in [4.69, 9.17) is 4.74 Å². The Morgan fingerprint density at radius 2 is 2.25 bits per heavy atom. The number of pyridine rings is 1. The van der Waals surface area contributed by atoms with Gasteiger partial charge in [-0.05, 0) is 49.6 Å². The van der Waals surface area contributed by atoms with Crippen LogP contribution in [-0.2, 0) is 0 Å². The van der Waals surface area contributed by atoms with E-state index in [0.717, 1.165) is 40.6 Å². The van der Waals surface area contributed by atoms with Crippen molar-refractivity contribution in [1.29, 1.82) is 0 Å². The molecule has 1 heterocycles. The average Bonchev–Trinajstić information content (AvgIpc) is 3.46. The van der Waals surface area contributed by atoms with E-state index in [1.165, 1.54) is 0 Å². The van der Waals surface area contributed by atoms with Crippen LogP contribution in [0.4, 0.5) is 0 Å². The molecule has 4 nitrogen and oxygen atoms in total. The number of hydrogen-bond acceptors (Lipinski definition) is 4. The Bertz CT molecular complexity index is 857. The zero-order valence-electron chi connectivity index (χ0n) is 13.7. The Kier molecular flexibility index (Phi) is 4.75. The molecule has 0 saturated heterocycles. The Morgan fingerprint density at radius 1 is 1.42 bits per heavy atom. The van der Waals surface area contributed by atoms with Crippen molar-refractivity contribution in [2.75, 3.05) is 6.61 Å². The molecule has 1 N–H and O–H groups in total. The highest BCUT2D eigenvalue weighted by atomic mass is 16.5. The molecule has 0 amide bonds. The van der Waals surface area contributed by atoms with Crippen LogP contribution in [0.5, 0.6) is 5.75 Å². The number of aliphatic hydroxyl groups excluding tert-OH is 1. The van der Waals surface area contributed by atoms with E-state index in [-0.39, 0.29) is 0 Å². The van der Waals surface area contributed by atoms with E-state index < -0.39 is 0 Å². The summed E-state index contributed by atoms with van der Waals surface area (Å²) in [5.41, 5.74) is 3.35. The van der Waals surface area contributed by atoms with E-state index in [9.17, 15) is 5.11 Å². The van der Waals surface area contributed by atoms with Gasteiger partial charge in [-0.15, -0.1) is 0 Å². The summed E-state index contributed by atoms with van der Waals surface area (Å²) in [5.74, 6) is 0.989. The van der Waals surface area contributed by atoms with Gasteiger partial charge in [-0.3, -0.25) is 9.98 Å². The summed E-state index contributed by atoms with van der Waals surface area (Å²) in [6.07, 6.45) is 8.88. The maximum Gasteiger partial charge on any atom is 0.146 e. The molecule has 1 saturated carbocycles. The molecule has 1 aromatic carbocycles. The van der Waals surface area contributed by atoms with Gasteiger partial charge in [0.05, 0.1) is 5.71 Å². The number of rotatable bonds is 6. The Morgan fingerprint density at radius 3 is 2.96 bits per heavy atom. The number of aliphatic imine (C=N–C) groups is 1. The number of allylic oxidation sites excluding steroid dienone is 2. The minimum absolute atomic E-state index is 0.292. The molecule has 4 heteroatoms. The van der Waals surface area contributed by atoms with Crippen molar-refractivity contribution in [1.82, 2.24) is 4.98 Å². The lowest BCUT2D eigenvalue weighted by Crippen LogP contribution is -2.09. The first-order chi connectivity index (χ1) is 11.7. The quantitative estimate of drug-likeness (QED) is 0.612. The van der Waals surface area contributed by atoms with Crippen molar-refractivity contribution in [3.63, 3.8) is 0 Å². The molecule has 0 bridgehead atoms. The van der Waals surface area contributed by atoms with Crippen LogP contribution in [0, 0.1) is 0 Å². The summed E-state index contributed by atoms with van der Waals surface area (Å²) in [4.78, 5) is 8.67. The topological polar surface area (TPSA) is 54.7 Å². The minimum Gasteiger partial charge on any atom is -0.507 e. The summed E-state index contributed by atoms with van der Waals surface area (Å²) in [6.45, 7) is 5.95. The third kappa shape index (κ3) is 3.54. The molecule has 3 rings (SSSR count). The second-order valence-electron chi connectivity index (χ2n) is 5.60. The van der Waals surface area contributed by atoms with E-state index >= 15 is 0 Å². The maximum atomic E-state index is 10.3. The van der Waals surface area contributed by atoms with Crippen LogP contribution in [0.3, 0.4) is 0 Å². The van der Waals surface area contributed by atoms with E-state index in [2.05, 4.69) is 16.6 Å². The predicted octanol–water partition coefficient (Wildman–Crippen LogP) is 4.84. The Balaban J connectivity index is 1.96. The fourth-order valence-corrected chi connectivity index (χ4v) is 2.38. The highest BCUT2D eigenvalue weighted by Crippen LogP contribution is 2.37. The molecule has 0 atom stereocenters. The van der Waals surface area contributed by atoms with Crippen molar-refractivity contribution < 1.29 is 9.84 Å². The SMILES string of the molecule is C=CC(COc1cc(C(O)=C2CC2)cc2cccnc12)=N/C=C\C. The summed E-state index contributed by atoms with van der Waals surface area (Å²) >= 11 is 0. The molecule has 1 fully saturated rings. The predicted molar refractivity (Wildman–Crippen MR) is 98.5 cm³/mol. The number of nitrogens with zero attached hydrogens (tertiary/aromatic N) is 2. The van der Waals surface area contributed by atoms with Crippen LogP contribution in [0.15, 0.2) is 66.0 Å². The van der Waals surface area contributed by atoms with Gasteiger partial charge in [-0.1, -0.05) is 18.7 Å². The van der Waals surface area contributed by atoms with Gasteiger partial charge >= 0.3 is 0 Å². The number of ether oxygens (including phenoxy) is 1. The maximum absolute atomic E-state index is 10.3. The second-order valence-corrected chi connectivity index (χ2v) is 5.60. The van der Waals surface area contributed by atoms with Gasteiger partial charge in [0, 0.05) is 23.3 Å². The highest BCUT2D eigenvalue weighted by molar-refractivity contribution is 5.96. The normalized spacial score (nSPS) is 14.2. The third-order valence-electron chi connectivity index (χ3n) is 3.78. The largest absolute Gasteiger partial charge is 0.507 e. The van der Waals surface area contributed by atoms with Crippen LogP contribution in [-0.4, -0.2) is 22.4 Å². The smallest absolute Gasteiger partial charge is 0.146 e.